The van der Waals surface area contributed by atoms with E-state index >= 15 is 0 Å². The molecular weight excluding hydrogens is 370 g/mol. The second-order valence-corrected chi connectivity index (χ2v) is 7.12. The number of carbonyl (C=O) groups excluding carboxylic acids is 1. The van der Waals surface area contributed by atoms with Crippen LogP contribution in [0.5, 0.6) is 0 Å². The highest BCUT2D eigenvalue weighted by molar-refractivity contribution is 6.34. The van der Waals surface area contributed by atoms with Crippen molar-refractivity contribution < 1.29 is 4.79 Å². The van der Waals surface area contributed by atoms with Crippen LogP contribution >= 0.6 is 11.6 Å². The fraction of sp³-hybridized carbons (Fsp3) is 0.130. The number of para-hydroxylation sites is 1. The summed E-state index contributed by atoms with van der Waals surface area (Å²) in [7, 11) is 0. The fourth-order valence-corrected chi connectivity index (χ4v) is 3.71. The average Bonchev–Trinajstić information content (AvgIpc) is 2.86. The molecule has 2 N–H and O–H groups in total. The summed E-state index contributed by atoms with van der Waals surface area (Å²) >= 11 is 6.21. The van der Waals surface area contributed by atoms with Crippen LogP contribution in [0.2, 0.25) is 5.02 Å². The number of nitrogens with zero attached hydrogens (tertiary/aromatic N) is 2. The third-order valence-electron chi connectivity index (χ3n) is 4.76. The Balaban J connectivity index is 1.72. The summed E-state index contributed by atoms with van der Waals surface area (Å²) < 4.78 is 0. The molecule has 0 saturated carbocycles. The number of halogens is 1. The lowest BCUT2D eigenvalue weighted by Gasteiger charge is -2.25. The topological polar surface area (TPSA) is 58.7 Å². The average molecular weight is 390 g/mol. The summed E-state index contributed by atoms with van der Waals surface area (Å²) in [6.45, 7) is 0.634. The molecule has 0 radical (unpaired) electrons. The number of nitrogens with two attached hydrogens (primary N) is 1. The van der Waals surface area contributed by atoms with Crippen LogP contribution < -0.4 is 10.6 Å². The molecule has 0 spiro atoms. The van der Waals surface area contributed by atoms with E-state index in [0.29, 0.717) is 17.1 Å². The van der Waals surface area contributed by atoms with Gasteiger partial charge in [0.15, 0.2) is 5.78 Å². The van der Waals surface area contributed by atoms with Gasteiger partial charge in [-0.15, -0.1) is 0 Å². The number of carbonyl (C=O) groups is 1. The third kappa shape index (κ3) is 3.70. The van der Waals surface area contributed by atoms with Crippen molar-refractivity contribution in [1.29, 1.82) is 0 Å². The second kappa shape index (κ2) is 7.97. The molecule has 0 aromatic heterocycles. The Morgan fingerprint density at radius 3 is 2.46 bits per heavy atom. The highest BCUT2D eigenvalue weighted by atomic mass is 35.5. The van der Waals surface area contributed by atoms with Crippen molar-refractivity contribution in [3.8, 4) is 0 Å². The van der Waals surface area contributed by atoms with Crippen LogP contribution in [0.15, 0.2) is 83.9 Å². The van der Waals surface area contributed by atoms with E-state index in [-0.39, 0.29) is 12.3 Å². The molecule has 0 aliphatic carbocycles. The van der Waals surface area contributed by atoms with Crippen LogP contribution in [0.4, 0.5) is 5.69 Å². The van der Waals surface area contributed by atoms with Crippen molar-refractivity contribution in [2.45, 2.75) is 6.17 Å². The number of benzodiazepines with no additional fused rings is 1. The molecule has 1 heterocycles. The molecule has 5 heteroatoms. The zero-order valence-electron chi connectivity index (χ0n) is 15.3. The molecular formula is C23H20ClN3O. The van der Waals surface area contributed by atoms with Gasteiger partial charge in [0.05, 0.1) is 23.8 Å². The first-order chi connectivity index (χ1) is 13.6. The molecule has 3 aromatic carbocycles. The van der Waals surface area contributed by atoms with Gasteiger partial charge in [-0.2, -0.15) is 0 Å². The number of fused-ring (bicyclic) bond motifs is 1. The van der Waals surface area contributed by atoms with Crippen LogP contribution in [0.25, 0.3) is 0 Å². The van der Waals surface area contributed by atoms with E-state index in [4.69, 9.17) is 22.3 Å². The van der Waals surface area contributed by atoms with Gasteiger partial charge in [-0.25, -0.2) is 0 Å². The molecule has 4 nitrogen and oxygen atoms in total. The predicted molar refractivity (Wildman–Crippen MR) is 114 cm³/mol. The van der Waals surface area contributed by atoms with Crippen molar-refractivity contribution in [2.24, 2.45) is 10.7 Å². The van der Waals surface area contributed by atoms with Gasteiger partial charge < -0.3 is 10.6 Å². The van der Waals surface area contributed by atoms with Gasteiger partial charge in [0, 0.05) is 22.4 Å². The van der Waals surface area contributed by atoms with Crippen LogP contribution in [-0.4, -0.2) is 30.8 Å². The predicted octanol–water partition coefficient (Wildman–Crippen LogP) is 4.17. The monoisotopic (exact) mass is 389 g/mol. The van der Waals surface area contributed by atoms with Crippen molar-refractivity contribution >= 4 is 28.8 Å². The maximum Gasteiger partial charge on any atom is 0.183 e. The summed E-state index contributed by atoms with van der Waals surface area (Å²) in [5, 5.41) is 0.459. The molecule has 0 bridgehead atoms. The van der Waals surface area contributed by atoms with E-state index in [9.17, 15) is 4.79 Å². The van der Waals surface area contributed by atoms with Crippen LogP contribution in [0.1, 0.15) is 21.5 Å². The molecule has 0 amide bonds. The molecule has 140 valence electrons. The van der Waals surface area contributed by atoms with Crippen LogP contribution in [0.3, 0.4) is 0 Å². The molecule has 0 fully saturated rings. The lowest BCUT2D eigenvalue weighted by atomic mass is 10.00. The molecule has 1 aliphatic rings. The van der Waals surface area contributed by atoms with Crippen molar-refractivity contribution in [3.63, 3.8) is 0 Å². The van der Waals surface area contributed by atoms with Gasteiger partial charge in [0.25, 0.3) is 0 Å². The minimum Gasteiger partial charge on any atom is -0.360 e. The maximum absolute atomic E-state index is 12.9. The van der Waals surface area contributed by atoms with E-state index < -0.39 is 6.17 Å². The van der Waals surface area contributed by atoms with E-state index in [1.807, 2.05) is 71.6 Å². The molecule has 1 atom stereocenters. The molecule has 3 aromatic rings. The smallest absolute Gasteiger partial charge is 0.183 e. The zero-order valence-corrected chi connectivity index (χ0v) is 16.0. The van der Waals surface area contributed by atoms with E-state index in [1.54, 1.807) is 12.1 Å². The summed E-state index contributed by atoms with van der Waals surface area (Å²) in [5.74, 6) is -0.0456. The Bertz CT molecular complexity index is 1030. The standard InChI is InChI=1S/C23H20ClN3O/c24-19-12-6-4-10-17(19)21(28)14-27-15-22(25)26-23(16-8-2-1-3-9-16)18-11-5-7-13-20(18)27/h1-13,22H,14-15,25H2. The first-order valence-corrected chi connectivity index (χ1v) is 9.52. The number of hydrogen-bond donors (Lipinski definition) is 1. The summed E-state index contributed by atoms with van der Waals surface area (Å²) in [6, 6.07) is 25.1. The van der Waals surface area contributed by atoms with E-state index in [1.165, 1.54) is 0 Å². The second-order valence-electron chi connectivity index (χ2n) is 6.71. The largest absolute Gasteiger partial charge is 0.360 e. The van der Waals surface area contributed by atoms with Gasteiger partial charge in [0.1, 0.15) is 6.17 Å². The Kier molecular flexibility index (Phi) is 5.24. The zero-order chi connectivity index (χ0) is 19.5. The number of ketones is 1. The molecule has 1 aliphatic heterocycles. The Morgan fingerprint density at radius 1 is 1.00 bits per heavy atom. The number of benzene rings is 3. The SMILES string of the molecule is NC1CN(CC(=O)c2ccccc2Cl)c2ccccc2C(c2ccccc2)=N1. The molecule has 0 saturated heterocycles. The lowest BCUT2D eigenvalue weighted by molar-refractivity contribution is 0.0999. The number of Topliss-reactive ketones (excluding diaryl/α,β-unsaturated/α-hetero) is 1. The summed E-state index contributed by atoms with van der Waals surface area (Å²) in [5.41, 5.74) is 10.6. The molecule has 4 rings (SSSR count). The van der Waals surface area contributed by atoms with Crippen molar-refractivity contribution in [1.82, 2.24) is 0 Å². The summed E-state index contributed by atoms with van der Waals surface area (Å²) in [6.07, 6.45) is -0.443. The Morgan fingerprint density at radius 2 is 1.68 bits per heavy atom. The molecule has 1 unspecified atom stereocenters. The normalized spacial score (nSPS) is 16.1. The van der Waals surface area contributed by atoms with Gasteiger partial charge in [0.2, 0.25) is 0 Å². The van der Waals surface area contributed by atoms with Gasteiger partial charge in [-0.1, -0.05) is 72.3 Å². The maximum atomic E-state index is 12.9. The number of hydrogen-bond acceptors (Lipinski definition) is 4. The Hall–Kier alpha value is -2.95. The van der Waals surface area contributed by atoms with Crippen molar-refractivity contribution in [2.75, 3.05) is 18.0 Å². The minimum absolute atomic E-state index is 0.0456. The summed E-state index contributed by atoms with van der Waals surface area (Å²) in [4.78, 5) is 19.7. The van der Waals surface area contributed by atoms with E-state index in [2.05, 4.69) is 0 Å². The van der Waals surface area contributed by atoms with Crippen molar-refractivity contribution in [3.05, 3.63) is 101 Å². The minimum atomic E-state index is -0.443. The van der Waals surface area contributed by atoms with Gasteiger partial charge in [-0.05, 0) is 18.2 Å². The number of rotatable bonds is 4. The quantitative estimate of drug-likeness (QED) is 0.681. The fourth-order valence-electron chi connectivity index (χ4n) is 3.47. The number of anilines is 1. The van der Waals surface area contributed by atoms with Gasteiger partial charge in [-0.3, -0.25) is 9.79 Å². The third-order valence-corrected chi connectivity index (χ3v) is 5.09. The molecule has 28 heavy (non-hydrogen) atoms. The first kappa shape index (κ1) is 18.4. The highest BCUT2D eigenvalue weighted by Gasteiger charge is 2.25. The lowest BCUT2D eigenvalue weighted by Crippen LogP contribution is -2.39. The number of aliphatic imine (C=N–C) groups is 1. The van der Waals surface area contributed by atoms with Crippen LogP contribution in [-0.2, 0) is 0 Å². The van der Waals surface area contributed by atoms with E-state index in [0.717, 1.165) is 22.5 Å². The highest BCUT2D eigenvalue weighted by Crippen LogP contribution is 2.28. The van der Waals surface area contributed by atoms with Crippen LogP contribution in [0, 0.1) is 0 Å². The Labute approximate surface area is 169 Å². The van der Waals surface area contributed by atoms with Gasteiger partial charge >= 0.3 is 0 Å². The first-order valence-electron chi connectivity index (χ1n) is 9.14.